The number of nitrogens with zero attached hydrogens (tertiary/aromatic N) is 1. The van der Waals surface area contributed by atoms with Crippen LogP contribution in [-0.2, 0) is 33.4 Å². The number of hydrogen-bond acceptors (Lipinski definition) is 9. The highest BCUT2D eigenvalue weighted by Gasteiger charge is 2.43. The van der Waals surface area contributed by atoms with Crippen molar-refractivity contribution in [1.82, 2.24) is 15.5 Å². The minimum Gasteiger partial charge on any atom is -0.475 e. The molecule has 40 heavy (non-hydrogen) atoms. The molecule has 2 heterocycles. The summed E-state index contributed by atoms with van der Waals surface area (Å²) >= 11 is 0. The fraction of sp³-hybridized carbons (Fsp3) is 0.800. The van der Waals surface area contributed by atoms with Crippen LogP contribution in [-0.4, -0.2) is 96.6 Å². The van der Waals surface area contributed by atoms with E-state index >= 15 is 0 Å². The molecule has 2 rings (SSSR count). The van der Waals surface area contributed by atoms with E-state index in [0.29, 0.717) is 19.1 Å². The Morgan fingerprint density at radius 1 is 0.975 bits per heavy atom. The fourth-order valence-electron chi connectivity index (χ4n) is 4.04. The Bertz CT molecular complexity index is 855. The Labute approximate surface area is 232 Å². The van der Waals surface area contributed by atoms with Crippen LogP contribution in [0.3, 0.4) is 0 Å². The van der Waals surface area contributed by atoms with Gasteiger partial charge in [-0.3, -0.25) is 9.59 Å². The van der Waals surface area contributed by atoms with Gasteiger partial charge in [0.2, 0.25) is 5.91 Å². The quantitative estimate of drug-likeness (QED) is 0.299. The molecule has 2 fully saturated rings. The van der Waals surface area contributed by atoms with Gasteiger partial charge in [-0.05, 0) is 59.3 Å². The lowest BCUT2D eigenvalue weighted by Crippen LogP contribution is -2.55. The van der Waals surface area contributed by atoms with Crippen molar-refractivity contribution in [3.8, 4) is 0 Å². The van der Waals surface area contributed by atoms with Crippen LogP contribution in [0.2, 0.25) is 0 Å². The Morgan fingerprint density at radius 3 is 1.90 bits per heavy atom. The zero-order valence-electron chi connectivity index (χ0n) is 24.0. The first-order valence-electron chi connectivity index (χ1n) is 13.1. The third kappa shape index (κ3) is 12.4. The molecule has 0 bridgehead atoms. The summed E-state index contributed by atoms with van der Waals surface area (Å²) in [7, 11) is 1.25. The Hall–Kier alpha value is -3.10. The van der Waals surface area contributed by atoms with Gasteiger partial charge in [-0.2, -0.15) is 13.2 Å². The number of amides is 2. The summed E-state index contributed by atoms with van der Waals surface area (Å²) in [5.74, 6) is -3.64. The molecular formula is C25H42F3N3O9. The smallest absolute Gasteiger partial charge is 0.475 e. The second kappa shape index (κ2) is 17.6. The molecule has 2 aliphatic heterocycles. The number of carboxylic acid groups (broad SMARTS) is 1. The third-order valence-corrected chi connectivity index (χ3v) is 6.06. The molecule has 2 aliphatic rings. The van der Waals surface area contributed by atoms with E-state index in [-0.39, 0.29) is 42.5 Å². The van der Waals surface area contributed by atoms with Crippen LogP contribution in [0.5, 0.6) is 0 Å². The molecule has 12 nitrogen and oxygen atoms in total. The van der Waals surface area contributed by atoms with Gasteiger partial charge in [0.05, 0.1) is 20.3 Å². The number of carbonyl (C=O) groups is 5. The first kappa shape index (κ1) is 36.9. The molecule has 2 saturated heterocycles. The monoisotopic (exact) mass is 585 g/mol. The number of hydrogen-bond donors (Lipinski definition) is 3. The molecule has 0 radical (unpaired) electrons. The number of likely N-dealkylation sites (tertiary alicyclic amines) is 1. The van der Waals surface area contributed by atoms with E-state index in [4.69, 9.17) is 19.4 Å². The number of halogens is 3. The highest BCUT2D eigenvalue weighted by molar-refractivity contribution is 5.90. The summed E-state index contributed by atoms with van der Waals surface area (Å²) in [5.41, 5.74) is 0. The molecule has 0 unspecified atom stereocenters. The van der Waals surface area contributed by atoms with Crippen molar-refractivity contribution in [2.24, 2.45) is 5.92 Å². The molecule has 0 saturated carbocycles. The van der Waals surface area contributed by atoms with Gasteiger partial charge in [0.15, 0.2) is 0 Å². The van der Waals surface area contributed by atoms with Crippen molar-refractivity contribution in [3.63, 3.8) is 0 Å². The van der Waals surface area contributed by atoms with E-state index in [1.807, 2.05) is 27.7 Å². The molecular weight excluding hydrogens is 543 g/mol. The van der Waals surface area contributed by atoms with Gasteiger partial charge >= 0.3 is 30.2 Å². The molecule has 0 spiro atoms. The van der Waals surface area contributed by atoms with Crippen LogP contribution in [0.1, 0.15) is 67.2 Å². The molecule has 232 valence electrons. The summed E-state index contributed by atoms with van der Waals surface area (Å²) in [4.78, 5) is 57.9. The van der Waals surface area contributed by atoms with E-state index in [1.165, 1.54) is 7.11 Å². The van der Waals surface area contributed by atoms with Crippen LogP contribution in [0.25, 0.3) is 0 Å². The number of carbonyl (C=O) groups excluding carboxylic acids is 4. The van der Waals surface area contributed by atoms with Gasteiger partial charge < -0.3 is 34.9 Å². The number of nitrogens with one attached hydrogen (secondary N) is 2. The SMILES string of the molecule is CCOC(=O)[C@@H]1CC[C@H](C)N1.CCOC(=O)[C@@H]1CC[C@H](C)N1C(=O)[C@@H](NC(=O)OC)C(C)C.O=C(O)C(F)(F)F. The van der Waals surface area contributed by atoms with Crippen molar-refractivity contribution in [1.29, 1.82) is 0 Å². The molecule has 0 aromatic rings. The maximum atomic E-state index is 12.8. The van der Waals surface area contributed by atoms with Crippen LogP contribution >= 0.6 is 0 Å². The van der Waals surface area contributed by atoms with Crippen molar-refractivity contribution < 1.29 is 56.5 Å². The second-order valence-electron chi connectivity index (χ2n) is 9.55. The van der Waals surface area contributed by atoms with Gasteiger partial charge in [-0.15, -0.1) is 0 Å². The standard InChI is InChI=1S/C15H26N2O5.C8H15NO2.C2HF3O2/c1-6-22-14(19)11-8-7-10(4)17(11)13(18)12(9(2)3)16-15(20)21-5;1-3-11-8(10)7-5-4-6(2)9-7;3-2(4,5)1(6)7/h9-12H,6-8H2,1-5H3,(H,16,20);6-7,9H,3-5H2,1-2H3;(H,6,7)/t10-,11-,12-;6-,7-;/m00./s1. The van der Waals surface area contributed by atoms with E-state index in [1.54, 1.807) is 11.8 Å². The van der Waals surface area contributed by atoms with Crippen molar-refractivity contribution in [2.75, 3.05) is 20.3 Å². The summed E-state index contributed by atoms with van der Waals surface area (Å²) in [6, 6.07) is -0.968. The number of ether oxygens (including phenoxy) is 3. The van der Waals surface area contributed by atoms with Gasteiger partial charge in [-0.25, -0.2) is 14.4 Å². The maximum Gasteiger partial charge on any atom is 0.490 e. The molecule has 0 aromatic heterocycles. The van der Waals surface area contributed by atoms with E-state index < -0.39 is 30.3 Å². The average Bonchev–Trinajstić information content (AvgIpc) is 3.47. The summed E-state index contributed by atoms with van der Waals surface area (Å²) in [6.07, 6.45) is -2.44. The third-order valence-electron chi connectivity index (χ3n) is 6.06. The van der Waals surface area contributed by atoms with Gasteiger partial charge in [-0.1, -0.05) is 13.8 Å². The minimum atomic E-state index is -5.08. The van der Waals surface area contributed by atoms with Crippen LogP contribution in [0.4, 0.5) is 18.0 Å². The van der Waals surface area contributed by atoms with Crippen molar-refractivity contribution >= 4 is 29.9 Å². The van der Waals surface area contributed by atoms with Crippen LogP contribution in [0.15, 0.2) is 0 Å². The molecule has 3 N–H and O–H groups in total. The number of esters is 2. The molecule has 15 heteroatoms. The van der Waals surface area contributed by atoms with E-state index in [9.17, 15) is 32.3 Å². The van der Waals surface area contributed by atoms with E-state index in [0.717, 1.165) is 19.3 Å². The lowest BCUT2D eigenvalue weighted by atomic mass is 10.0. The summed E-state index contributed by atoms with van der Waals surface area (Å²) < 4.78 is 46.2. The van der Waals surface area contributed by atoms with E-state index in [2.05, 4.69) is 22.3 Å². The molecule has 5 atom stereocenters. The largest absolute Gasteiger partial charge is 0.490 e. The van der Waals surface area contributed by atoms with Crippen molar-refractivity contribution in [3.05, 3.63) is 0 Å². The number of methoxy groups -OCH3 is 1. The Balaban J connectivity index is 0.000000696. The van der Waals surface area contributed by atoms with Crippen LogP contribution < -0.4 is 10.6 Å². The van der Waals surface area contributed by atoms with Gasteiger partial charge in [0.1, 0.15) is 18.1 Å². The number of rotatable bonds is 7. The number of alkyl carbamates (subject to hydrolysis) is 1. The highest BCUT2D eigenvalue weighted by atomic mass is 19.4. The normalized spacial score (nSPS) is 22.6. The number of aliphatic carboxylic acids is 1. The topological polar surface area (TPSA) is 161 Å². The predicted octanol–water partition coefficient (Wildman–Crippen LogP) is 2.63. The zero-order valence-corrected chi connectivity index (χ0v) is 24.0. The second-order valence-corrected chi connectivity index (χ2v) is 9.55. The summed E-state index contributed by atoms with van der Waals surface area (Å²) in [6.45, 7) is 12.0. The lowest BCUT2D eigenvalue weighted by Gasteiger charge is -2.32. The highest BCUT2D eigenvalue weighted by Crippen LogP contribution is 2.27. The van der Waals surface area contributed by atoms with Crippen molar-refractivity contribution in [2.45, 2.75) is 104 Å². The molecule has 2 amide bonds. The Kier molecular flexibility index (Phi) is 16.2. The fourth-order valence-corrected chi connectivity index (χ4v) is 4.04. The first-order chi connectivity index (χ1) is 18.5. The average molecular weight is 586 g/mol. The molecule has 0 aromatic carbocycles. The molecule has 0 aliphatic carbocycles. The maximum absolute atomic E-state index is 12.8. The number of alkyl halides is 3. The Morgan fingerprint density at radius 2 is 1.50 bits per heavy atom. The van der Waals surface area contributed by atoms with Crippen LogP contribution in [0, 0.1) is 5.92 Å². The number of carboxylic acids is 1. The first-order valence-corrected chi connectivity index (χ1v) is 13.1. The van der Waals surface area contributed by atoms with Gasteiger partial charge in [0.25, 0.3) is 0 Å². The van der Waals surface area contributed by atoms with Gasteiger partial charge in [0, 0.05) is 12.1 Å². The predicted molar refractivity (Wildman–Crippen MR) is 136 cm³/mol. The minimum absolute atomic E-state index is 0.0510. The lowest BCUT2D eigenvalue weighted by molar-refractivity contribution is -0.192. The zero-order chi connectivity index (χ0) is 31.2. The summed E-state index contributed by atoms with van der Waals surface area (Å²) in [5, 5.41) is 12.8.